The average Bonchev–Trinajstić information content (AvgIpc) is 2.66. The molecule has 160 valence electrons. The van der Waals surface area contributed by atoms with Gasteiger partial charge in [-0.15, -0.1) is 0 Å². The maximum absolute atomic E-state index is 13.6. The van der Waals surface area contributed by atoms with Crippen LogP contribution in [0.4, 0.5) is 19.0 Å². The normalized spacial score (nSPS) is 25.0. The van der Waals surface area contributed by atoms with Gasteiger partial charge < -0.3 is 21.5 Å². The number of carbonyl (C=O) groups excluding carboxylic acids is 1. The molecule has 1 aromatic rings. The smallest absolute Gasteiger partial charge is 0.401 e. The van der Waals surface area contributed by atoms with E-state index in [2.05, 4.69) is 9.98 Å². The third-order valence-electron chi connectivity index (χ3n) is 5.53. The van der Waals surface area contributed by atoms with Gasteiger partial charge in [0, 0.05) is 24.7 Å². The molecule has 1 unspecified atom stereocenters. The van der Waals surface area contributed by atoms with Crippen LogP contribution in [0.3, 0.4) is 0 Å². The molecule has 0 aliphatic carbocycles. The average molecular weight is 422 g/mol. The maximum atomic E-state index is 13.6. The van der Waals surface area contributed by atoms with Gasteiger partial charge in [-0.2, -0.15) is 23.4 Å². The summed E-state index contributed by atoms with van der Waals surface area (Å²) in [6, 6.07) is 5.43. The first-order chi connectivity index (χ1) is 14.0. The van der Waals surface area contributed by atoms with Crippen LogP contribution in [-0.2, 0) is 4.79 Å². The van der Waals surface area contributed by atoms with Crippen LogP contribution in [0.25, 0.3) is 0 Å². The van der Waals surface area contributed by atoms with Crippen LogP contribution in [0.15, 0.2) is 28.4 Å². The summed E-state index contributed by atoms with van der Waals surface area (Å²) in [5, 5.41) is 19.3. The fourth-order valence-corrected chi connectivity index (χ4v) is 3.84. The Balaban J connectivity index is 1.86. The van der Waals surface area contributed by atoms with Crippen molar-refractivity contribution in [2.45, 2.75) is 38.0 Å². The summed E-state index contributed by atoms with van der Waals surface area (Å²) in [5.41, 5.74) is 8.33. The second-order valence-electron chi connectivity index (χ2n) is 7.43. The van der Waals surface area contributed by atoms with Crippen molar-refractivity contribution < 1.29 is 23.1 Å². The molecule has 8 nitrogen and oxygen atoms in total. The Hall–Kier alpha value is -3.13. The third kappa shape index (κ3) is 3.70. The van der Waals surface area contributed by atoms with Crippen LogP contribution >= 0.6 is 0 Å². The van der Waals surface area contributed by atoms with Gasteiger partial charge in [-0.3, -0.25) is 4.79 Å². The number of hydrogen-bond acceptors (Lipinski definition) is 7. The number of aliphatic hydroxyl groups is 1. The summed E-state index contributed by atoms with van der Waals surface area (Å²) in [7, 11) is 0. The fraction of sp³-hybridized carbons (Fsp3) is 0.474. The Labute approximate surface area is 170 Å². The molecule has 1 fully saturated rings. The molecule has 1 aromatic heterocycles. The van der Waals surface area contributed by atoms with Gasteiger partial charge in [-0.1, -0.05) is 0 Å². The number of aryl methyl sites for hydroxylation is 1. The van der Waals surface area contributed by atoms with Gasteiger partial charge in [0.15, 0.2) is 5.60 Å². The van der Waals surface area contributed by atoms with E-state index in [0.717, 1.165) is 0 Å². The number of nitriles is 1. The zero-order valence-electron chi connectivity index (χ0n) is 16.2. The number of alkyl halides is 3. The number of allylic oxidation sites excluding steroid dienone is 1. The van der Waals surface area contributed by atoms with E-state index in [-0.39, 0.29) is 5.70 Å². The third-order valence-corrected chi connectivity index (χ3v) is 5.53. The predicted molar refractivity (Wildman–Crippen MR) is 102 cm³/mol. The summed E-state index contributed by atoms with van der Waals surface area (Å²) < 4.78 is 40.8. The first kappa shape index (κ1) is 21.6. The highest BCUT2D eigenvalue weighted by Crippen LogP contribution is 2.43. The Kier molecular flexibility index (Phi) is 5.47. The van der Waals surface area contributed by atoms with Gasteiger partial charge in [-0.05, 0) is 31.9 Å². The lowest BCUT2D eigenvalue weighted by Crippen LogP contribution is -2.55. The molecule has 0 radical (unpaired) electrons. The number of carbonyl (C=O) groups is 1. The van der Waals surface area contributed by atoms with Crippen molar-refractivity contribution in [3.05, 3.63) is 34.7 Å². The second kappa shape index (κ2) is 7.60. The topological polar surface area (TPSA) is 142 Å². The summed E-state index contributed by atoms with van der Waals surface area (Å²) in [6.45, 7) is 2.64. The van der Waals surface area contributed by atoms with E-state index in [1.165, 1.54) is 0 Å². The van der Waals surface area contributed by atoms with E-state index >= 15 is 0 Å². The number of pyridine rings is 1. The van der Waals surface area contributed by atoms with E-state index in [0.29, 0.717) is 43.0 Å². The van der Waals surface area contributed by atoms with E-state index in [4.69, 9.17) is 16.7 Å². The summed E-state index contributed by atoms with van der Waals surface area (Å²) in [4.78, 5) is 21.3. The number of piperidine rings is 1. The largest absolute Gasteiger partial charge is 0.422 e. The minimum absolute atomic E-state index is 0.202. The Morgan fingerprint density at radius 2 is 2.00 bits per heavy atom. The Morgan fingerprint density at radius 1 is 1.37 bits per heavy atom. The van der Waals surface area contributed by atoms with Crippen LogP contribution in [0.1, 0.15) is 30.5 Å². The number of amides is 1. The first-order valence-electron chi connectivity index (χ1n) is 9.27. The molecule has 0 saturated carbocycles. The van der Waals surface area contributed by atoms with Gasteiger partial charge in [0.2, 0.25) is 0 Å². The Bertz CT molecular complexity index is 973. The molecule has 0 aromatic carbocycles. The van der Waals surface area contributed by atoms with E-state index in [1.807, 2.05) is 11.0 Å². The van der Waals surface area contributed by atoms with Crippen molar-refractivity contribution in [1.82, 2.24) is 4.98 Å². The predicted octanol–water partition coefficient (Wildman–Crippen LogP) is 1.27. The molecular formula is C19H21F3N6O2. The fourth-order valence-electron chi connectivity index (χ4n) is 3.84. The zero-order chi connectivity index (χ0) is 22.3. The molecule has 30 heavy (non-hydrogen) atoms. The van der Waals surface area contributed by atoms with Crippen LogP contribution in [0.2, 0.25) is 0 Å². The maximum Gasteiger partial charge on any atom is 0.422 e. The van der Waals surface area contributed by atoms with Gasteiger partial charge in [0.05, 0.1) is 23.3 Å². The lowest BCUT2D eigenvalue weighted by atomic mass is 9.80. The monoisotopic (exact) mass is 422 g/mol. The van der Waals surface area contributed by atoms with Crippen molar-refractivity contribution >= 4 is 17.6 Å². The number of aliphatic imine (C=N–C) groups is 1. The van der Waals surface area contributed by atoms with Crippen molar-refractivity contribution in [3.8, 4) is 6.07 Å². The molecule has 5 N–H and O–H groups in total. The molecule has 2 aliphatic rings. The number of hydrogen-bond donors (Lipinski definition) is 3. The number of halogens is 3. The second-order valence-corrected chi connectivity index (χ2v) is 7.43. The Morgan fingerprint density at radius 3 is 2.53 bits per heavy atom. The van der Waals surface area contributed by atoms with E-state index < -0.39 is 41.4 Å². The first-order valence-corrected chi connectivity index (χ1v) is 9.27. The van der Waals surface area contributed by atoms with Crippen molar-refractivity contribution in [2.75, 3.05) is 18.0 Å². The molecule has 0 bridgehead atoms. The lowest BCUT2D eigenvalue weighted by Gasteiger charge is -2.38. The summed E-state index contributed by atoms with van der Waals surface area (Å²) >= 11 is 0. The van der Waals surface area contributed by atoms with Gasteiger partial charge in [0.1, 0.15) is 17.7 Å². The van der Waals surface area contributed by atoms with Gasteiger partial charge in [-0.25, -0.2) is 4.98 Å². The number of rotatable bonds is 2. The molecule has 2 aliphatic heterocycles. The number of aromatic nitrogens is 1. The minimum Gasteiger partial charge on any atom is -0.401 e. The quantitative estimate of drug-likeness (QED) is 0.652. The summed E-state index contributed by atoms with van der Waals surface area (Å²) in [6.07, 6.45) is -5.59. The molecule has 3 rings (SSSR count). The minimum atomic E-state index is -5.13. The molecule has 1 atom stereocenters. The van der Waals surface area contributed by atoms with Crippen molar-refractivity contribution in [2.24, 2.45) is 22.4 Å². The molecule has 11 heteroatoms. The van der Waals surface area contributed by atoms with Crippen LogP contribution in [0.5, 0.6) is 0 Å². The van der Waals surface area contributed by atoms with E-state index in [1.54, 1.807) is 19.1 Å². The zero-order valence-corrected chi connectivity index (χ0v) is 16.2. The molecule has 1 amide bonds. The highest BCUT2D eigenvalue weighted by molar-refractivity contribution is 6.09. The highest BCUT2D eigenvalue weighted by atomic mass is 19.4. The number of nitrogens with two attached hydrogens (primary N) is 2. The number of amidine groups is 1. The molecular weight excluding hydrogens is 401 g/mol. The van der Waals surface area contributed by atoms with Gasteiger partial charge >= 0.3 is 6.18 Å². The van der Waals surface area contributed by atoms with Crippen molar-refractivity contribution in [1.29, 1.82) is 5.26 Å². The van der Waals surface area contributed by atoms with Crippen LogP contribution in [-0.4, -0.2) is 46.7 Å². The lowest BCUT2D eigenvalue weighted by molar-refractivity contribution is -0.244. The molecule has 3 heterocycles. The number of nitrogens with zero attached hydrogens (tertiary/aromatic N) is 4. The van der Waals surface area contributed by atoms with E-state index in [9.17, 15) is 23.1 Å². The summed E-state index contributed by atoms with van der Waals surface area (Å²) in [5.74, 6) is -1.67. The molecule has 0 spiro atoms. The van der Waals surface area contributed by atoms with Crippen molar-refractivity contribution in [3.63, 3.8) is 0 Å². The highest BCUT2D eigenvalue weighted by Gasteiger charge is 2.60. The number of anilines is 1. The SMILES string of the molecule is Cc1nc(N2CCC(C(N)=C3C(N)=NC(=O)CC3(O)C(F)(F)F)CC2)ccc1C#N. The van der Waals surface area contributed by atoms with Crippen LogP contribution < -0.4 is 16.4 Å². The van der Waals surface area contributed by atoms with Crippen LogP contribution in [0, 0.1) is 24.2 Å². The standard InChI is InChI=1S/C19H21F3N6O2/c1-10-12(9-23)2-3-13(26-10)28-6-4-11(5-7-28)16(24)15-17(25)27-14(29)8-18(15,30)19(20,21)22/h2-3,11,30H,4-8,24H2,1H3,(H2,25,27,29). The molecule has 1 saturated heterocycles. The van der Waals surface area contributed by atoms with Gasteiger partial charge in [0.25, 0.3) is 5.91 Å².